The third-order valence-corrected chi connectivity index (χ3v) is 2.75. The Labute approximate surface area is 91.0 Å². The Morgan fingerprint density at radius 2 is 2.33 bits per heavy atom. The number of nitrogens with zero attached hydrogens (tertiary/aromatic N) is 4. The highest BCUT2D eigenvalue weighted by Gasteiger charge is 2.23. The smallest absolute Gasteiger partial charge is 0.178 e. The van der Waals surface area contributed by atoms with Crippen molar-refractivity contribution in [3.05, 3.63) is 23.1 Å². The maximum absolute atomic E-state index is 5.84. The van der Waals surface area contributed by atoms with Crippen LogP contribution in [0.5, 0.6) is 0 Å². The summed E-state index contributed by atoms with van der Waals surface area (Å²) in [5.41, 5.74) is 0.723. The van der Waals surface area contributed by atoms with Crippen LogP contribution in [0, 0.1) is 0 Å². The maximum Gasteiger partial charge on any atom is 0.178 e. The minimum atomic E-state index is 0.283. The van der Waals surface area contributed by atoms with Gasteiger partial charge in [0.05, 0.1) is 6.61 Å². The normalized spacial score (nSPS) is 21.3. The van der Waals surface area contributed by atoms with Gasteiger partial charge in [0.2, 0.25) is 0 Å². The molecule has 3 rings (SSSR count). The third-order valence-electron chi connectivity index (χ3n) is 2.55. The van der Waals surface area contributed by atoms with Crippen molar-refractivity contribution in [2.45, 2.75) is 12.3 Å². The van der Waals surface area contributed by atoms with E-state index in [0.717, 1.165) is 24.5 Å². The first kappa shape index (κ1) is 9.06. The number of ether oxygens (including phenoxy) is 1. The number of aromatic nitrogens is 4. The molecule has 2 aromatic heterocycles. The summed E-state index contributed by atoms with van der Waals surface area (Å²) in [6.45, 7) is 1.47. The average molecular weight is 225 g/mol. The molecule has 0 saturated carbocycles. The zero-order valence-corrected chi connectivity index (χ0v) is 8.68. The van der Waals surface area contributed by atoms with E-state index >= 15 is 0 Å². The van der Waals surface area contributed by atoms with Crippen LogP contribution in [0.1, 0.15) is 18.2 Å². The molecule has 0 aromatic carbocycles. The Hall–Kier alpha value is -1.20. The summed E-state index contributed by atoms with van der Waals surface area (Å²) in [4.78, 5) is 0. The third kappa shape index (κ3) is 1.48. The summed E-state index contributed by atoms with van der Waals surface area (Å²) in [6.07, 6.45) is 0.967. The lowest BCUT2D eigenvalue weighted by atomic mass is 10.1. The molecule has 1 fully saturated rings. The van der Waals surface area contributed by atoms with Crippen LogP contribution in [0.25, 0.3) is 5.65 Å². The van der Waals surface area contributed by atoms with Crippen molar-refractivity contribution in [1.82, 2.24) is 19.8 Å². The van der Waals surface area contributed by atoms with E-state index in [-0.39, 0.29) is 5.92 Å². The predicted molar refractivity (Wildman–Crippen MR) is 54.0 cm³/mol. The van der Waals surface area contributed by atoms with Crippen LogP contribution in [-0.2, 0) is 4.74 Å². The highest BCUT2D eigenvalue weighted by Crippen LogP contribution is 2.23. The lowest BCUT2D eigenvalue weighted by Crippen LogP contribution is -2.06. The zero-order valence-electron chi connectivity index (χ0n) is 7.93. The molecule has 0 spiro atoms. The summed E-state index contributed by atoms with van der Waals surface area (Å²) in [5.74, 6) is 1.12. The van der Waals surface area contributed by atoms with Gasteiger partial charge in [-0.25, -0.2) is 0 Å². The molecular formula is C9H9ClN4O. The van der Waals surface area contributed by atoms with Crippen molar-refractivity contribution >= 4 is 17.2 Å². The second-order valence-electron chi connectivity index (χ2n) is 3.54. The molecular weight excluding hydrogens is 216 g/mol. The summed E-state index contributed by atoms with van der Waals surface area (Å²) < 4.78 is 7.01. The van der Waals surface area contributed by atoms with Crippen molar-refractivity contribution in [2.75, 3.05) is 13.2 Å². The average Bonchev–Trinajstić information content (AvgIpc) is 2.83. The van der Waals surface area contributed by atoms with Crippen molar-refractivity contribution in [3.8, 4) is 0 Å². The summed E-state index contributed by atoms with van der Waals surface area (Å²) in [5, 5.41) is 12.8. The van der Waals surface area contributed by atoms with Crippen molar-refractivity contribution in [2.24, 2.45) is 0 Å². The molecule has 6 heteroatoms. The lowest BCUT2D eigenvalue weighted by molar-refractivity contribution is 0.193. The van der Waals surface area contributed by atoms with Crippen molar-refractivity contribution in [1.29, 1.82) is 0 Å². The Morgan fingerprint density at radius 1 is 1.40 bits per heavy atom. The monoisotopic (exact) mass is 224 g/mol. The number of fused-ring (bicyclic) bond motifs is 1. The van der Waals surface area contributed by atoms with Gasteiger partial charge in [0.15, 0.2) is 11.5 Å². The van der Waals surface area contributed by atoms with Gasteiger partial charge in [-0.2, -0.15) is 9.61 Å². The fourth-order valence-corrected chi connectivity index (χ4v) is 1.91. The van der Waals surface area contributed by atoms with Gasteiger partial charge in [-0.1, -0.05) is 11.6 Å². The van der Waals surface area contributed by atoms with Gasteiger partial charge in [-0.3, -0.25) is 0 Å². The van der Waals surface area contributed by atoms with Crippen LogP contribution < -0.4 is 0 Å². The van der Waals surface area contributed by atoms with E-state index in [0.29, 0.717) is 11.8 Å². The molecule has 1 aliphatic rings. The summed E-state index contributed by atoms with van der Waals surface area (Å²) in [7, 11) is 0. The molecule has 0 bridgehead atoms. The molecule has 3 heterocycles. The molecule has 1 atom stereocenters. The highest BCUT2D eigenvalue weighted by molar-refractivity contribution is 6.29. The largest absolute Gasteiger partial charge is 0.381 e. The molecule has 0 aliphatic carbocycles. The van der Waals surface area contributed by atoms with Gasteiger partial charge >= 0.3 is 0 Å². The van der Waals surface area contributed by atoms with Crippen LogP contribution >= 0.6 is 11.6 Å². The molecule has 15 heavy (non-hydrogen) atoms. The number of hydrogen-bond acceptors (Lipinski definition) is 4. The number of halogens is 1. The molecule has 78 valence electrons. The fraction of sp³-hybridized carbons (Fsp3) is 0.444. The molecule has 0 amide bonds. The van der Waals surface area contributed by atoms with Crippen molar-refractivity contribution in [3.63, 3.8) is 0 Å². The van der Waals surface area contributed by atoms with Crippen LogP contribution in [0.3, 0.4) is 0 Å². The standard InChI is InChI=1S/C9H9ClN4O/c10-7-1-2-8-11-12-9(14(8)13-7)6-3-4-15-5-6/h1-2,6H,3-5H2/t6-/m1/s1. The quantitative estimate of drug-likeness (QED) is 0.732. The Bertz CT molecular complexity index is 492. The summed E-state index contributed by atoms with van der Waals surface area (Å²) in [6, 6.07) is 3.52. The second-order valence-corrected chi connectivity index (χ2v) is 3.93. The molecule has 1 aliphatic heterocycles. The Kier molecular flexibility index (Phi) is 2.07. The van der Waals surface area contributed by atoms with E-state index in [9.17, 15) is 0 Å². The first-order valence-corrected chi connectivity index (χ1v) is 5.18. The van der Waals surface area contributed by atoms with E-state index < -0.39 is 0 Å². The van der Waals surface area contributed by atoms with Gasteiger partial charge in [-0.05, 0) is 18.6 Å². The van der Waals surface area contributed by atoms with Gasteiger partial charge in [-0.15, -0.1) is 10.2 Å². The zero-order chi connectivity index (χ0) is 10.3. The lowest BCUT2D eigenvalue weighted by Gasteiger charge is -2.03. The molecule has 0 radical (unpaired) electrons. The van der Waals surface area contributed by atoms with Crippen LogP contribution in [-0.4, -0.2) is 33.0 Å². The number of hydrogen-bond donors (Lipinski definition) is 0. The molecule has 2 aromatic rings. The SMILES string of the molecule is Clc1ccc2nnc([C@@H]3CCOC3)n2n1. The first-order chi connectivity index (χ1) is 7.34. The number of rotatable bonds is 1. The molecule has 0 N–H and O–H groups in total. The Balaban J connectivity index is 2.13. The van der Waals surface area contributed by atoms with E-state index in [2.05, 4.69) is 15.3 Å². The first-order valence-electron chi connectivity index (χ1n) is 4.80. The van der Waals surface area contributed by atoms with E-state index in [1.165, 1.54) is 0 Å². The predicted octanol–water partition coefficient (Wildman–Crippen LogP) is 1.28. The van der Waals surface area contributed by atoms with E-state index in [4.69, 9.17) is 16.3 Å². The topological polar surface area (TPSA) is 52.3 Å². The van der Waals surface area contributed by atoms with Gasteiger partial charge < -0.3 is 4.74 Å². The van der Waals surface area contributed by atoms with Crippen LogP contribution in [0.2, 0.25) is 5.15 Å². The minimum absolute atomic E-state index is 0.283. The Morgan fingerprint density at radius 3 is 3.13 bits per heavy atom. The summed E-state index contributed by atoms with van der Waals surface area (Å²) >= 11 is 5.84. The maximum atomic E-state index is 5.84. The van der Waals surface area contributed by atoms with Crippen molar-refractivity contribution < 1.29 is 4.74 Å². The van der Waals surface area contributed by atoms with E-state index in [1.807, 2.05) is 6.07 Å². The second kappa shape index (κ2) is 3.43. The van der Waals surface area contributed by atoms with Gasteiger partial charge in [0, 0.05) is 12.5 Å². The van der Waals surface area contributed by atoms with Gasteiger partial charge in [0.25, 0.3) is 0 Å². The van der Waals surface area contributed by atoms with Crippen LogP contribution in [0.15, 0.2) is 12.1 Å². The fourth-order valence-electron chi connectivity index (χ4n) is 1.78. The molecule has 0 unspecified atom stereocenters. The van der Waals surface area contributed by atoms with Crippen LogP contribution in [0.4, 0.5) is 0 Å². The van der Waals surface area contributed by atoms with E-state index in [1.54, 1.807) is 10.6 Å². The van der Waals surface area contributed by atoms with Gasteiger partial charge in [0.1, 0.15) is 5.15 Å². The molecule has 5 nitrogen and oxygen atoms in total. The highest BCUT2D eigenvalue weighted by atomic mass is 35.5. The molecule has 1 saturated heterocycles. The minimum Gasteiger partial charge on any atom is -0.381 e.